The fraction of sp³-hybridized carbons (Fsp3) is 0.364. The minimum Gasteiger partial charge on any atom is -0.507 e. The second kappa shape index (κ2) is 4.50. The smallest absolute Gasteiger partial charge is 0.256 e. The summed E-state index contributed by atoms with van der Waals surface area (Å²) in [6.45, 7) is 2.54. The lowest BCUT2D eigenvalue weighted by atomic mass is 10.1. The monoisotopic (exact) mass is 238 g/mol. The van der Waals surface area contributed by atoms with Crippen LogP contribution in [0.2, 0.25) is 0 Å². The van der Waals surface area contributed by atoms with Crippen LogP contribution in [0, 0.1) is 0 Å². The summed E-state index contributed by atoms with van der Waals surface area (Å²) in [4.78, 5) is 13.0. The number of nitrogens with two attached hydrogens (primary N) is 1. The van der Waals surface area contributed by atoms with Crippen LogP contribution in [0.1, 0.15) is 10.4 Å². The molecule has 0 aliphatic carbocycles. The van der Waals surface area contributed by atoms with Gasteiger partial charge in [-0.05, 0) is 0 Å². The van der Waals surface area contributed by atoms with Crippen LogP contribution >= 0.6 is 0 Å². The van der Waals surface area contributed by atoms with Crippen molar-refractivity contribution < 1.29 is 19.7 Å². The Morgan fingerprint density at radius 2 is 1.76 bits per heavy atom. The Morgan fingerprint density at radius 1 is 1.24 bits per heavy atom. The zero-order valence-corrected chi connectivity index (χ0v) is 9.22. The van der Waals surface area contributed by atoms with Gasteiger partial charge in [-0.3, -0.25) is 4.79 Å². The number of benzene rings is 1. The molecule has 1 aliphatic rings. The second-order valence-electron chi connectivity index (χ2n) is 3.82. The molecule has 0 aromatic heterocycles. The van der Waals surface area contributed by atoms with Crippen LogP contribution in [0.3, 0.4) is 0 Å². The third-order valence-corrected chi connectivity index (χ3v) is 2.70. The van der Waals surface area contributed by atoms with Gasteiger partial charge >= 0.3 is 0 Å². The molecule has 4 N–H and O–H groups in total. The lowest BCUT2D eigenvalue weighted by Crippen LogP contribution is -2.36. The summed E-state index contributed by atoms with van der Waals surface area (Å²) in [6.07, 6.45) is 0. The van der Waals surface area contributed by atoms with Gasteiger partial charge in [-0.1, -0.05) is 0 Å². The van der Waals surface area contributed by atoms with Crippen LogP contribution in [-0.2, 0) is 4.74 Å². The van der Waals surface area contributed by atoms with Crippen molar-refractivity contribution in [2.24, 2.45) is 5.73 Å². The van der Waals surface area contributed by atoms with E-state index in [2.05, 4.69) is 0 Å². The predicted molar refractivity (Wildman–Crippen MR) is 61.3 cm³/mol. The van der Waals surface area contributed by atoms with Crippen LogP contribution in [0.4, 0.5) is 5.69 Å². The second-order valence-corrected chi connectivity index (χ2v) is 3.82. The van der Waals surface area contributed by atoms with Gasteiger partial charge in [-0.2, -0.15) is 0 Å². The molecule has 0 saturated carbocycles. The minimum absolute atomic E-state index is 0.248. The number of anilines is 1. The fourth-order valence-corrected chi connectivity index (χ4v) is 1.85. The quantitative estimate of drug-likeness (QED) is 0.675. The number of carbonyl (C=O) groups excluding carboxylic acids is 1. The highest BCUT2D eigenvalue weighted by Crippen LogP contribution is 2.32. The summed E-state index contributed by atoms with van der Waals surface area (Å²) >= 11 is 0. The van der Waals surface area contributed by atoms with Gasteiger partial charge in [-0.25, -0.2) is 0 Å². The SMILES string of the molecule is NC(=O)c1c(O)cc(N2CCOCC2)cc1O. The van der Waals surface area contributed by atoms with Crippen LogP contribution in [0.25, 0.3) is 0 Å². The maximum atomic E-state index is 11.0. The molecule has 1 heterocycles. The Morgan fingerprint density at radius 3 is 2.24 bits per heavy atom. The van der Waals surface area contributed by atoms with Crippen molar-refractivity contribution in [2.75, 3.05) is 31.2 Å². The predicted octanol–water partition coefficient (Wildman–Crippen LogP) is 0.0333. The first-order chi connectivity index (χ1) is 8.09. The normalized spacial score (nSPS) is 15.9. The molecule has 92 valence electrons. The number of morpholine rings is 1. The molecule has 0 radical (unpaired) electrons. The van der Waals surface area contributed by atoms with Crippen molar-refractivity contribution in [1.29, 1.82) is 0 Å². The maximum absolute atomic E-state index is 11.0. The first kappa shape index (κ1) is 11.5. The van der Waals surface area contributed by atoms with E-state index in [0.29, 0.717) is 32.0 Å². The molecular weight excluding hydrogens is 224 g/mol. The Balaban J connectivity index is 2.34. The standard InChI is InChI=1S/C11H14N2O4/c12-11(16)10-8(14)5-7(6-9(10)15)13-1-3-17-4-2-13/h5-6,14-15H,1-4H2,(H2,12,16). The molecular formula is C11H14N2O4. The molecule has 1 aromatic rings. The van der Waals surface area contributed by atoms with E-state index in [-0.39, 0.29) is 17.1 Å². The summed E-state index contributed by atoms with van der Waals surface area (Å²) in [5.41, 5.74) is 5.45. The lowest BCUT2D eigenvalue weighted by Gasteiger charge is -2.29. The van der Waals surface area contributed by atoms with E-state index in [1.807, 2.05) is 4.90 Å². The van der Waals surface area contributed by atoms with E-state index in [4.69, 9.17) is 10.5 Å². The first-order valence-corrected chi connectivity index (χ1v) is 5.28. The molecule has 1 aliphatic heterocycles. The lowest BCUT2D eigenvalue weighted by molar-refractivity contribution is 0.0995. The maximum Gasteiger partial charge on any atom is 0.256 e. The molecule has 1 aromatic carbocycles. The van der Waals surface area contributed by atoms with Crippen molar-refractivity contribution in [1.82, 2.24) is 0 Å². The van der Waals surface area contributed by atoms with Crippen molar-refractivity contribution in [2.45, 2.75) is 0 Å². The molecule has 0 atom stereocenters. The number of rotatable bonds is 2. The molecule has 1 saturated heterocycles. The van der Waals surface area contributed by atoms with Gasteiger partial charge in [-0.15, -0.1) is 0 Å². The van der Waals surface area contributed by atoms with Crippen LogP contribution < -0.4 is 10.6 Å². The van der Waals surface area contributed by atoms with Crippen LogP contribution in [0.5, 0.6) is 11.5 Å². The number of hydrogen-bond acceptors (Lipinski definition) is 5. The molecule has 1 fully saturated rings. The van der Waals surface area contributed by atoms with Gasteiger partial charge in [0.1, 0.15) is 17.1 Å². The summed E-state index contributed by atoms with van der Waals surface area (Å²) in [5, 5.41) is 19.3. The average molecular weight is 238 g/mol. The van der Waals surface area contributed by atoms with Crippen molar-refractivity contribution >= 4 is 11.6 Å². The van der Waals surface area contributed by atoms with E-state index < -0.39 is 5.91 Å². The number of nitrogens with zero attached hydrogens (tertiary/aromatic N) is 1. The summed E-state index contributed by atoms with van der Waals surface area (Å²) in [7, 11) is 0. The Kier molecular flexibility index (Phi) is 3.06. The van der Waals surface area contributed by atoms with Gasteiger partial charge in [0.25, 0.3) is 5.91 Å². The largest absolute Gasteiger partial charge is 0.507 e. The molecule has 2 rings (SSSR count). The van der Waals surface area contributed by atoms with E-state index in [9.17, 15) is 15.0 Å². The summed E-state index contributed by atoms with van der Waals surface area (Å²) in [6, 6.07) is 2.84. The van der Waals surface area contributed by atoms with Gasteiger partial charge in [0.15, 0.2) is 0 Å². The minimum atomic E-state index is -0.853. The van der Waals surface area contributed by atoms with Gasteiger partial charge in [0.2, 0.25) is 0 Å². The number of amides is 1. The molecule has 1 amide bonds. The zero-order valence-electron chi connectivity index (χ0n) is 9.22. The Hall–Kier alpha value is -1.95. The number of carbonyl (C=O) groups is 1. The number of primary amides is 1. The summed E-state index contributed by atoms with van der Waals surface area (Å²) < 4.78 is 5.20. The van der Waals surface area contributed by atoms with Crippen molar-refractivity contribution in [3.05, 3.63) is 17.7 Å². The number of hydrogen-bond donors (Lipinski definition) is 3. The highest BCUT2D eigenvalue weighted by molar-refractivity contribution is 5.99. The van der Waals surface area contributed by atoms with E-state index in [1.165, 1.54) is 12.1 Å². The number of ether oxygens (including phenoxy) is 1. The van der Waals surface area contributed by atoms with Gasteiger partial charge < -0.3 is 25.6 Å². The zero-order chi connectivity index (χ0) is 12.4. The molecule has 6 heteroatoms. The molecule has 6 nitrogen and oxygen atoms in total. The third kappa shape index (κ3) is 2.26. The van der Waals surface area contributed by atoms with E-state index in [1.54, 1.807) is 0 Å². The van der Waals surface area contributed by atoms with E-state index in [0.717, 1.165) is 0 Å². The van der Waals surface area contributed by atoms with Gasteiger partial charge in [0, 0.05) is 30.9 Å². The van der Waals surface area contributed by atoms with Crippen LogP contribution in [-0.4, -0.2) is 42.4 Å². The Bertz CT molecular complexity index is 418. The van der Waals surface area contributed by atoms with Crippen molar-refractivity contribution in [3.8, 4) is 11.5 Å². The first-order valence-electron chi connectivity index (χ1n) is 5.28. The van der Waals surface area contributed by atoms with Crippen LogP contribution in [0.15, 0.2) is 12.1 Å². The number of phenols is 2. The highest BCUT2D eigenvalue weighted by Gasteiger charge is 2.18. The van der Waals surface area contributed by atoms with Crippen molar-refractivity contribution in [3.63, 3.8) is 0 Å². The molecule has 0 bridgehead atoms. The Labute approximate surface area is 98.2 Å². The molecule has 0 unspecified atom stereocenters. The average Bonchev–Trinajstić information content (AvgIpc) is 2.28. The third-order valence-electron chi connectivity index (χ3n) is 2.70. The summed E-state index contributed by atoms with van der Waals surface area (Å²) in [5.74, 6) is -1.47. The van der Waals surface area contributed by atoms with Gasteiger partial charge in [0.05, 0.1) is 13.2 Å². The molecule has 0 spiro atoms. The molecule has 17 heavy (non-hydrogen) atoms. The number of aromatic hydroxyl groups is 2. The topological polar surface area (TPSA) is 96.0 Å². The highest BCUT2D eigenvalue weighted by atomic mass is 16.5. The van der Waals surface area contributed by atoms with E-state index >= 15 is 0 Å². The fourth-order valence-electron chi connectivity index (χ4n) is 1.85.